The highest BCUT2D eigenvalue weighted by Crippen LogP contribution is 2.14. The molecule has 94 valence electrons. The second-order valence-electron chi connectivity index (χ2n) is 3.50. The molecular formula is C10H15N3O3S. The smallest absolute Gasteiger partial charge is 0.248 e. The van der Waals surface area contributed by atoms with E-state index in [0.29, 0.717) is 0 Å². The highest BCUT2D eigenvalue weighted by atomic mass is 32.2. The summed E-state index contributed by atoms with van der Waals surface area (Å²) in [5, 5.41) is 0. The van der Waals surface area contributed by atoms with Gasteiger partial charge >= 0.3 is 0 Å². The van der Waals surface area contributed by atoms with Crippen LogP contribution in [-0.4, -0.2) is 38.8 Å². The monoisotopic (exact) mass is 257 g/mol. The van der Waals surface area contributed by atoms with Crippen molar-refractivity contribution in [2.75, 3.05) is 20.1 Å². The van der Waals surface area contributed by atoms with Crippen molar-refractivity contribution < 1.29 is 13.2 Å². The molecule has 0 unspecified atom stereocenters. The number of carbonyl (C=O) groups excluding carboxylic acids is 1. The van der Waals surface area contributed by atoms with Gasteiger partial charge in [-0.05, 0) is 24.3 Å². The number of hydrogen-bond donors (Lipinski definition) is 2. The summed E-state index contributed by atoms with van der Waals surface area (Å²) in [6, 6.07) is 5.46. The Balaban J connectivity index is 3.04. The Kier molecular flexibility index (Phi) is 4.22. The van der Waals surface area contributed by atoms with E-state index in [2.05, 4.69) is 0 Å². The lowest BCUT2D eigenvalue weighted by Crippen LogP contribution is -2.31. The summed E-state index contributed by atoms with van der Waals surface area (Å²) in [6.07, 6.45) is 0. The lowest BCUT2D eigenvalue weighted by Gasteiger charge is -2.16. The molecule has 1 aromatic rings. The van der Waals surface area contributed by atoms with Crippen LogP contribution in [0, 0.1) is 0 Å². The molecular weight excluding hydrogens is 242 g/mol. The van der Waals surface area contributed by atoms with Crippen LogP contribution in [-0.2, 0) is 10.0 Å². The molecule has 17 heavy (non-hydrogen) atoms. The van der Waals surface area contributed by atoms with E-state index in [1.807, 2.05) is 0 Å². The summed E-state index contributed by atoms with van der Waals surface area (Å²) in [4.78, 5) is 11.0. The van der Waals surface area contributed by atoms with Crippen LogP contribution in [0.2, 0.25) is 0 Å². The van der Waals surface area contributed by atoms with Crippen LogP contribution in [0.4, 0.5) is 0 Å². The SMILES string of the molecule is CN(CCN)S(=O)(=O)c1ccc(C(N)=O)cc1. The largest absolute Gasteiger partial charge is 0.366 e. The number of rotatable bonds is 5. The number of nitrogens with zero attached hydrogens (tertiary/aromatic N) is 1. The van der Waals surface area contributed by atoms with E-state index < -0.39 is 15.9 Å². The zero-order valence-corrected chi connectivity index (χ0v) is 10.3. The van der Waals surface area contributed by atoms with Crippen LogP contribution < -0.4 is 11.5 Å². The van der Waals surface area contributed by atoms with Crippen LogP contribution in [0.25, 0.3) is 0 Å². The van der Waals surface area contributed by atoms with Crippen molar-refractivity contribution in [2.24, 2.45) is 11.5 Å². The van der Waals surface area contributed by atoms with Crippen molar-refractivity contribution >= 4 is 15.9 Å². The lowest BCUT2D eigenvalue weighted by molar-refractivity contribution is 0.1000. The van der Waals surface area contributed by atoms with Gasteiger partial charge in [0.05, 0.1) is 4.90 Å². The van der Waals surface area contributed by atoms with Gasteiger partial charge in [0.25, 0.3) is 0 Å². The highest BCUT2D eigenvalue weighted by molar-refractivity contribution is 7.89. The Bertz CT molecular complexity index is 496. The number of carbonyl (C=O) groups is 1. The van der Waals surface area contributed by atoms with Crippen molar-refractivity contribution in [3.63, 3.8) is 0 Å². The molecule has 0 saturated heterocycles. The molecule has 1 amide bonds. The normalized spacial score (nSPS) is 11.7. The molecule has 1 rings (SSSR count). The maximum absolute atomic E-state index is 12.0. The Morgan fingerprint density at radius 1 is 1.29 bits per heavy atom. The first kappa shape index (κ1) is 13.6. The summed E-state index contributed by atoms with van der Waals surface area (Å²) >= 11 is 0. The van der Waals surface area contributed by atoms with Crippen molar-refractivity contribution in [3.05, 3.63) is 29.8 Å². The van der Waals surface area contributed by atoms with Gasteiger partial charge in [0.15, 0.2) is 0 Å². The van der Waals surface area contributed by atoms with Gasteiger partial charge in [0.2, 0.25) is 15.9 Å². The fourth-order valence-electron chi connectivity index (χ4n) is 1.27. The van der Waals surface area contributed by atoms with Gasteiger partial charge in [-0.15, -0.1) is 0 Å². The van der Waals surface area contributed by atoms with E-state index in [-0.39, 0.29) is 23.5 Å². The molecule has 0 atom stereocenters. The maximum Gasteiger partial charge on any atom is 0.248 e. The molecule has 0 aliphatic rings. The van der Waals surface area contributed by atoms with Gasteiger partial charge in [-0.3, -0.25) is 4.79 Å². The third-order valence-electron chi connectivity index (χ3n) is 2.29. The Hall–Kier alpha value is -1.44. The minimum Gasteiger partial charge on any atom is -0.366 e. The van der Waals surface area contributed by atoms with Gasteiger partial charge in [0.1, 0.15) is 0 Å². The first-order valence-corrected chi connectivity index (χ1v) is 6.40. The van der Waals surface area contributed by atoms with E-state index in [1.54, 1.807) is 0 Å². The number of nitrogens with two attached hydrogens (primary N) is 2. The molecule has 7 heteroatoms. The van der Waals surface area contributed by atoms with Gasteiger partial charge in [0, 0.05) is 25.7 Å². The zero-order valence-electron chi connectivity index (χ0n) is 9.46. The third kappa shape index (κ3) is 3.02. The molecule has 0 fully saturated rings. The number of likely N-dealkylation sites (N-methyl/N-ethyl adjacent to an activating group) is 1. The minimum atomic E-state index is -3.54. The van der Waals surface area contributed by atoms with E-state index >= 15 is 0 Å². The third-order valence-corrected chi connectivity index (χ3v) is 4.16. The van der Waals surface area contributed by atoms with Crippen molar-refractivity contribution in [1.29, 1.82) is 0 Å². The molecule has 0 heterocycles. The Labute approximate surface area is 100 Å². The summed E-state index contributed by atoms with van der Waals surface area (Å²) < 4.78 is 25.1. The molecule has 0 aromatic heterocycles. The molecule has 0 aliphatic carbocycles. The van der Waals surface area contributed by atoms with Gasteiger partial charge in [-0.1, -0.05) is 0 Å². The predicted octanol–water partition coefficient (Wildman–Crippen LogP) is -0.635. The summed E-state index contributed by atoms with van der Waals surface area (Å²) in [5.74, 6) is -0.593. The van der Waals surface area contributed by atoms with Crippen molar-refractivity contribution in [1.82, 2.24) is 4.31 Å². The fraction of sp³-hybridized carbons (Fsp3) is 0.300. The number of amides is 1. The first-order valence-electron chi connectivity index (χ1n) is 4.96. The Morgan fingerprint density at radius 2 is 1.82 bits per heavy atom. The van der Waals surface area contributed by atoms with Gasteiger partial charge in [-0.2, -0.15) is 4.31 Å². The average molecular weight is 257 g/mol. The van der Waals surface area contributed by atoms with E-state index in [9.17, 15) is 13.2 Å². The molecule has 0 aliphatic heterocycles. The topological polar surface area (TPSA) is 106 Å². The number of hydrogen-bond acceptors (Lipinski definition) is 4. The predicted molar refractivity (Wildman–Crippen MR) is 63.8 cm³/mol. The summed E-state index contributed by atoms with van der Waals surface area (Å²) in [7, 11) is -2.09. The second-order valence-corrected chi connectivity index (χ2v) is 5.55. The Morgan fingerprint density at radius 3 is 2.24 bits per heavy atom. The van der Waals surface area contributed by atoms with Crippen molar-refractivity contribution in [3.8, 4) is 0 Å². The fourth-order valence-corrected chi connectivity index (χ4v) is 2.46. The summed E-state index contributed by atoms with van der Waals surface area (Å²) in [5.41, 5.74) is 10.6. The minimum absolute atomic E-state index is 0.110. The second kappa shape index (κ2) is 5.26. The first-order chi connectivity index (χ1) is 7.89. The zero-order chi connectivity index (χ0) is 13.1. The summed E-state index contributed by atoms with van der Waals surface area (Å²) in [6.45, 7) is 0.481. The van der Waals surface area contributed by atoms with E-state index in [0.717, 1.165) is 4.31 Å². The molecule has 6 nitrogen and oxygen atoms in total. The molecule has 4 N–H and O–H groups in total. The molecule has 0 radical (unpaired) electrons. The van der Waals surface area contributed by atoms with E-state index in [1.165, 1.54) is 31.3 Å². The number of benzene rings is 1. The molecule has 0 spiro atoms. The van der Waals surface area contributed by atoms with Gasteiger partial charge < -0.3 is 11.5 Å². The average Bonchev–Trinajstić information content (AvgIpc) is 2.29. The number of sulfonamides is 1. The van der Waals surface area contributed by atoms with E-state index in [4.69, 9.17) is 11.5 Å². The molecule has 0 saturated carbocycles. The van der Waals surface area contributed by atoms with Crippen LogP contribution in [0.5, 0.6) is 0 Å². The maximum atomic E-state index is 12.0. The van der Waals surface area contributed by atoms with Crippen LogP contribution in [0.3, 0.4) is 0 Å². The quantitative estimate of drug-likeness (QED) is 0.732. The van der Waals surface area contributed by atoms with Crippen LogP contribution in [0.15, 0.2) is 29.2 Å². The van der Waals surface area contributed by atoms with Gasteiger partial charge in [-0.25, -0.2) is 8.42 Å². The lowest BCUT2D eigenvalue weighted by atomic mass is 10.2. The van der Waals surface area contributed by atoms with Crippen molar-refractivity contribution in [2.45, 2.75) is 4.90 Å². The number of primary amides is 1. The highest BCUT2D eigenvalue weighted by Gasteiger charge is 2.19. The van der Waals surface area contributed by atoms with Crippen LogP contribution in [0.1, 0.15) is 10.4 Å². The standard InChI is InChI=1S/C10H15N3O3S/c1-13(7-6-11)17(15,16)9-4-2-8(3-5-9)10(12)14/h2-5H,6-7,11H2,1H3,(H2,12,14). The molecule has 0 bridgehead atoms. The van der Waals surface area contributed by atoms with Crippen LogP contribution >= 0.6 is 0 Å². The molecule has 1 aromatic carbocycles.